The molecule has 4 rings (SSSR count). The van der Waals surface area contributed by atoms with Gasteiger partial charge in [-0.1, -0.05) is 18.0 Å². The van der Waals surface area contributed by atoms with Gasteiger partial charge in [-0.15, -0.1) is 0 Å². The van der Waals surface area contributed by atoms with Gasteiger partial charge in [0.1, 0.15) is 5.69 Å². The van der Waals surface area contributed by atoms with Crippen LogP contribution in [0.3, 0.4) is 0 Å². The summed E-state index contributed by atoms with van der Waals surface area (Å²) in [6.45, 7) is 3.98. The van der Waals surface area contributed by atoms with E-state index in [2.05, 4.69) is 20.2 Å². The molecule has 2 aliphatic rings. The molecule has 0 aromatic carbocycles. The van der Waals surface area contributed by atoms with Gasteiger partial charge >= 0.3 is 0 Å². The lowest BCUT2D eigenvalue weighted by Gasteiger charge is -2.43. The van der Waals surface area contributed by atoms with Crippen molar-refractivity contribution in [1.29, 1.82) is 0 Å². The Morgan fingerprint density at radius 3 is 2.78 bits per heavy atom. The highest BCUT2D eigenvalue weighted by molar-refractivity contribution is 6.33. The highest BCUT2D eigenvalue weighted by atomic mass is 35.5. The van der Waals surface area contributed by atoms with Crippen LogP contribution < -0.4 is 0 Å². The summed E-state index contributed by atoms with van der Waals surface area (Å²) >= 11 is 6.15. The molecule has 2 fully saturated rings. The number of nitrogens with one attached hydrogen (secondary N) is 1. The first-order valence-corrected chi connectivity index (χ1v) is 9.83. The summed E-state index contributed by atoms with van der Waals surface area (Å²) in [6.07, 6.45) is 8.85. The first-order chi connectivity index (χ1) is 13.1. The van der Waals surface area contributed by atoms with E-state index in [-0.39, 0.29) is 18.1 Å². The molecular weight excluding hydrogens is 368 g/mol. The van der Waals surface area contributed by atoms with Gasteiger partial charge in [0.25, 0.3) is 5.91 Å². The second-order valence-corrected chi connectivity index (χ2v) is 7.66. The van der Waals surface area contributed by atoms with Gasteiger partial charge in [0.2, 0.25) is 0 Å². The second kappa shape index (κ2) is 8.00. The van der Waals surface area contributed by atoms with E-state index in [1.165, 1.54) is 25.5 Å². The predicted octanol–water partition coefficient (Wildman–Crippen LogP) is 1.86. The lowest BCUT2D eigenvalue weighted by atomic mass is 9.99. The number of morpholine rings is 1. The molecular formula is C18H25ClN6O2. The average molecular weight is 393 g/mol. The van der Waals surface area contributed by atoms with Crippen LogP contribution >= 0.6 is 11.6 Å². The summed E-state index contributed by atoms with van der Waals surface area (Å²) in [5.41, 5.74) is 1.30. The predicted molar refractivity (Wildman–Crippen MR) is 101 cm³/mol. The standard InChI is InChI=1S/C18H25ClN6O2/c1-23-11-13(9-21-23)17-15(12-24-5-3-2-4-6-24)27-8-7-25(17)18(26)16-14(19)10-20-22-16/h9-11,15,17H,2-8,12H2,1H3,(H,20,22)/t15-,17-/m0/s1. The number of ether oxygens (including phenoxy) is 1. The van der Waals surface area contributed by atoms with Crippen LogP contribution in [0.4, 0.5) is 0 Å². The normalized spacial score (nSPS) is 24.3. The number of carbonyl (C=O) groups is 1. The molecule has 2 aliphatic heterocycles. The summed E-state index contributed by atoms with van der Waals surface area (Å²) < 4.78 is 7.91. The van der Waals surface area contributed by atoms with E-state index < -0.39 is 0 Å². The molecule has 2 saturated heterocycles. The molecule has 1 N–H and O–H groups in total. The molecule has 2 aromatic rings. The van der Waals surface area contributed by atoms with Crippen molar-refractivity contribution < 1.29 is 9.53 Å². The molecule has 4 heterocycles. The highest BCUT2D eigenvalue weighted by Gasteiger charge is 2.39. The first kappa shape index (κ1) is 18.5. The van der Waals surface area contributed by atoms with Gasteiger partial charge < -0.3 is 14.5 Å². The van der Waals surface area contributed by atoms with E-state index in [9.17, 15) is 4.79 Å². The van der Waals surface area contributed by atoms with Crippen molar-refractivity contribution in [2.45, 2.75) is 31.4 Å². The lowest BCUT2D eigenvalue weighted by Crippen LogP contribution is -2.52. The number of rotatable bonds is 4. The van der Waals surface area contributed by atoms with Crippen LogP contribution in [0.1, 0.15) is 41.4 Å². The number of aromatic nitrogens is 4. The van der Waals surface area contributed by atoms with Gasteiger partial charge in [0.15, 0.2) is 0 Å². The van der Waals surface area contributed by atoms with Crippen LogP contribution in [0.5, 0.6) is 0 Å². The van der Waals surface area contributed by atoms with Crippen LogP contribution in [-0.2, 0) is 11.8 Å². The summed E-state index contributed by atoms with van der Waals surface area (Å²) in [5, 5.41) is 11.3. The maximum Gasteiger partial charge on any atom is 0.274 e. The maximum absolute atomic E-state index is 13.2. The van der Waals surface area contributed by atoms with Gasteiger partial charge in [0, 0.05) is 31.9 Å². The Hall–Kier alpha value is -1.90. The SMILES string of the molecule is Cn1cc([C@H]2[C@H](CN3CCCCC3)OCCN2C(=O)c2[nH]ncc2Cl)cn1. The molecule has 2 aromatic heterocycles. The molecule has 0 radical (unpaired) electrons. The summed E-state index contributed by atoms with van der Waals surface area (Å²) in [7, 11) is 1.88. The number of likely N-dealkylation sites (tertiary alicyclic amines) is 1. The van der Waals surface area contributed by atoms with Crippen molar-refractivity contribution in [1.82, 2.24) is 29.8 Å². The molecule has 1 amide bonds. The van der Waals surface area contributed by atoms with E-state index in [0.717, 1.165) is 25.2 Å². The fraction of sp³-hybridized carbons (Fsp3) is 0.611. The van der Waals surface area contributed by atoms with Gasteiger partial charge in [0.05, 0.1) is 36.2 Å². The number of aromatic amines is 1. The zero-order valence-corrected chi connectivity index (χ0v) is 16.2. The Bertz CT molecular complexity index is 784. The van der Waals surface area contributed by atoms with Gasteiger partial charge in [-0.2, -0.15) is 10.2 Å². The van der Waals surface area contributed by atoms with Crippen molar-refractivity contribution in [2.24, 2.45) is 7.05 Å². The first-order valence-electron chi connectivity index (χ1n) is 9.46. The number of piperidine rings is 1. The van der Waals surface area contributed by atoms with Gasteiger partial charge in [-0.3, -0.25) is 14.6 Å². The largest absolute Gasteiger partial charge is 0.373 e. The van der Waals surface area contributed by atoms with Crippen LogP contribution in [-0.4, -0.2) is 74.6 Å². The number of nitrogens with zero attached hydrogens (tertiary/aromatic N) is 5. The van der Waals surface area contributed by atoms with Crippen molar-refractivity contribution in [3.63, 3.8) is 0 Å². The minimum absolute atomic E-state index is 0.105. The minimum Gasteiger partial charge on any atom is -0.373 e. The Morgan fingerprint density at radius 2 is 2.11 bits per heavy atom. The Morgan fingerprint density at radius 1 is 1.30 bits per heavy atom. The third kappa shape index (κ3) is 3.88. The quantitative estimate of drug-likeness (QED) is 0.859. The maximum atomic E-state index is 13.2. The van der Waals surface area contributed by atoms with Crippen LogP contribution in [0.15, 0.2) is 18.6 Å². The monoisotopic (exact) mass is 392 g/mol. The Labute approximate surface area is 163 Å². The van der Waals surface area contributed by atoms with Crippen molar-refractivity contribution in [2.75, 3.05) is 32.8 Å². The van der Waals surface area contributed by atoms with Crippen molar-refractivity contribution in [3.8, 4) is 0 Å². The number of aryl methyl sites for hydroxylation is 1. The number of amides is 1. The lowest BCUT2D eigenvalue weighted by molar-refractivity contribution is -0.0743. The van der Waals surface area contributed by atoms with E-state index >= 15 is 0 Å². The number of halogens is 1. The number of hydrogen-bond donors (Lipinski definition) is 1. The topological polar surface area (TPSA) is 79.3 Å². The zero-order valence-electron chi connectivity index (χ0n) is 15.5. The molecule has 0 saturated carbocycles. The molecule has 8 nitrogen and oxygen atoms in total. The number of carbonyl (C=O) groups excluding carboxylic acids is 1. The summed E-state index contributed by atoms with van der Waals surface area (Å²) in [4.78, 5) is 17.5. The van der Waals surface area contributed by atoms with Crippen LogP contribution in [0, 0.1) is 0 Å². The number of H-pyrrole nitrogens is 1. The molecule has 0 aliphatic carbocycles. The van der Waals surface area contributed by atoms with E-state index in [0.29, 0.717) is 23.9 Å². The van der Waals surface area contributed by atoms with Crippen LogP contribution in [0.2, 0.25) is 5.02 Å². The fourth-order valence-electron chi connectivity index (χ4n) is 4.06. The molecule has 0 unspecified atom stereocenters. The number of hydrogen-bond acceptors (Lipinski definition) is 5. The third-order valence-corrected chi connectivity index (χ3v) is 5.66. The molecule has 2 atom stereocenters. The Kier molecular flexibility index (Phi) is 5.47. The summed E-state index contributed by atoms with van der Waals surface area (Å²) in [5.74, 6) is -0.154. The van der Waals surface area contributed by atoms with E-state index in [4.69, 9.17) is 16.3 Å². The Balaban J connectivity index is 1.62. The minimum atomic E-state index is -0.207. The average Bonchev–Trinajstić information content (AvgIpc) is 3.30. The molecule has 0 bridgehead atoms. The fourth-order valence-corrected chi connectivity index (χ4v) is 4.23. The smallest absolute Gasteiger partial charge is 0.274 e. The molecule has 0 spiro atoms. The van der Waals surface area contributed by atoms with Crippen LogP contribution in [0.25, 0.3) is 0 Å². The van der Waals surface area contributed by atoms with Gasteiger partial charge in [-0.05, 0) is 25.9 Å². The highest BCUT2D eigenvalue weighted by Crippen LogP contribution is 2.32. The van der Waals surface area contributed by atoms with Crippen molar-refractivity contribution in [3.05, 3.63) is 34.9 Å². The second-order valence-electron chi connectivity index (χ2n) is 7.25. The van der Waals surface area contributed by atoms with Crippen molar-refractivity contribution >= 4 is 17.5 Å². The van der Waals surface area contributed by atoms with Gasteiger partial charge in [-0.25, -0.2) is 0 Å². The molecule has 9 heteroatoms. The molecule has 27 heavy (non-hydrogen) atoms. The third-order valence-electron chi connectivity index (χ3n) is 5.37. The molecule has 146 valence electrons. The zero-order chi connectivity index (χ0) is 18.8. The summed E-state index contributed by atoms with van der Waals surface area (Å²) in [6, 6.07) is -0.207. The van der Waals surface area contributed by atoms with E-state index in [1.807, 2.05) is 24.3 Å². The van der Waals surface area contributed by atoms with E-state index in [1.54, 1.807) is 4.68 Å².